The number of hydrogen-bond acceptors (Lipinski definition) is 3. The average Bonchev–Trinajstić information content (AvgIpc) is 2.78. The van der Waals surface area contributed by atoms with Crippen molar-refractivity contribution in [2.75, 3.05) is 31.1 Å². The number of para-hydroxylation sites is 2. The van der Waals surface area contributed by atoms with E-state index < -0.39 is 6.10 Å². The molecule has 0 bridgehead atoms. The molecule has 0 spiro atoms. The second-order valence-electron chi connectivity index (χ2n) is 8.17. The summed E-state index contributed by atoms with van der Waals surface area (Å²) in [5.41, 5.74) is 0.939. The maximum Gasteiger partial charge on any atom is 0.265 e. The first-order valence-corrected chi connectivity index (χ1v) is 11.6. The van der Waals surface area contributed by atoms with Crippen molar-refractivity contribution in [2.45, 2.75) is 64.9 Å². The fourth-order valence-electron chi connectivity index (χ4n) is 4.14. The number of benzene rings is 1. The number of thiocarbonyl (C=S) groups is 1. The number of likely N-dealkylation sites (tertiary alicyclic amines) is 1. The zero-order chi connectivity index (χ0) is 20.6. The van der Waals surface area contributed by atoms with Gasteiger partial charge in [-0.15, -0.1) is 0 Å². The average molecular weight is 418 g/mol. The van der Waals surface area contributed by atoms with Gasteiger partial charge in [-0.1, -0.05) is 45.2 Å². The van der Waals surface area contributed by atoms with Gasteiger partial charge >= 0.3 is 0 Å². The monoisotopic (exact) mass is 417 g/mol. The molecule has 1 saturated heterocycles. The Balaban J connectivity index is 1.69. The van der Waals surface area contributed by atoms with Gasteiger partial charge in [0, 0.05) is 19.6 Å². The third-order valence-electron chi connectivity index (χ3n) is 6.05. The Morgan fingerprint density at radius 3 is 2.72 bits per heavy atom. The van der Waals surface area contributed by atoms with Gasteiger partial charge in [-0.2, -0.15) is 0 Å². The maximum atomic E-state index is 13.1. The number of rotatable bonds is 7. The number of amides is 1. The SMILES string of the molecule is CCCC[C@H](CC)CNC(=S)N1C[C@@H](C(=O)N2CCCCC2)Oc2ccccc21. The summed E-state index contributed by atoms with van der Waals surface area (Å²) in [6.07, 6.45) is 7.69. The molecule has 160 valence electrons. The number of hydrogen-bond donors (Lipinski definition) is 1. The van der Waals surface area contributed by atoms with E-state index in [0.717, 1.165) is 50.3 Å². The van der Waals surface area contributed by atoms with Gasteiger partial charge < -0.3 is 19.9 Å². The van der Waals surface area contributed by atoms with Crippen LogP contribution in [-0.4, -0.2) is 48.2 Å². The first kappa shape index (κ1) is 21.9. The number of nitrogens with one attached hydrogen (secondary N) is 1. The Bertz CT molecular complexity index is 690. The van der Waals surface area contributed by atoms with Gasteiger partial charge in [-0.25, -0.2) is 0 Å². The number of ether oxygens (including phenoxy) is 1. The highest BCUT2D eigenvalue weighted by Crippen LogP contribution is 2.34. The Labute approximate surface area is 180 Å². The molecule has 2 aliphatic heterocycles. The third kappa shape index (κ3) is 5.62. The minimum Gasteiger partial charge on any atom is -0.476 e. The van der Waals surface area contributed by atoms with E-state index in [9.17, 15) is 4.79 Å². The van der Waals surface area contributed by atoms with Crippen LogP contribution in [0.3, 0.4) is 0 Å². The lowest BCUT2D eigenvalue weighted by Gasteiger charge is -2.38. The summed E-state index contributed by atoms with van der Waals surface area (Å²) >= 11 is 5.76. The maximum absolute atomic E-state index is 13.1. The zero-order valence-corrected chi connectivity index (χ0v) is 18.7. The molecule has 0 aromatic heterocycles. The van der Waals surface area contributed by atoms with Crippen molar-refractivity contribution >= 4 is 28.9 Å². The van der Waals surface area contributed by atoms with Gasteiger partial charge in [0.1, 0.15) is 5.75 Å². The number of unbranched alkanes of at least 4 members (excludes halogenated alkanes) is 1. The molecule has 1 aromatic carbocycles. The van der Waals surface area contributed by atoms with Crippen LogP contribution in [-0.2, 0) is 4.79 Å². The molecular weight excluding hydrogens is 382 g/mol. The second-order valence-corrected chi connectivity index (χ2v) is 8.56. The van der Waals surface area contributed by atoms with Crippen LogP contribution in [0.2, 0.25) is 0 Å². The first-order chi connectivity index (χ1) is 14.1. The molecule has 1 amide bonds. The highest BCUT2D eigenvalue weighted by molar-refractivity contribution is 7.80. The predicted octanol–water partition coefficient (Wildman–Crippen LogP) is 4.36. The molecule has 0 unspecified atom stereocenters. The molecular formula is C23H35N3O2S. The van der Waals surface area contributed by atoms with Crippen molar-refractivity contribution in [2.24, 2.45) is 5.92 Å². The van der Waals surface area contributed by atoms with E-state index in [1.807, 2.05) is 34.1 Å². The van der Waals surface area contributed by atoms with Gasteiger partial charge in [0.15, 0.2) is 11.2 Å². The highest BCUT2D eigenvalue weighted by atomic mass is 32.1. The van der Waals surface area contributed by atoms with Gasteiger partial charge in [-0.3, -0.25) is 4.79 Å². The fourth-order valence-corrected chi connectivity index (χ4v) is 4.40. The summed E-state index contributed by atoms with van der Waals surface area (Å²) < 4.78 is 6.11. The van der Waals surface area contributed by atoms with E-state index in [-0.39, 0.29) is 5.91 Å². The number of fused-ring (bicyclic) bond motifs is 1. The normalized spacial score (nSPS) is 19.9. The van der Waals surface area contributed by atoms with Crippen LogP contribution >= 0.6 is 12.2 Å². The Morgan fingerprint density at radius 2 is 2.00 bits per heavy atom. The predicted molar refractivity (Wildman–Crippen MR) is 123 cm³/mol. The summed E-state index contributed by atoms with van der Waals surface area (Å²) in [6, 6.07) is 7.87. The van der Waals surface area contributed by atoms with Gasteiger partial charge in [0.25, 0.3) is 5.91 Å². The molecule has 1 fully saturated rings. The molecule has 2 atom stereocenters. The molecule has 5 nitrogen and oxygen atoms in total. The van der Waals surface area contributed by atoms with Crippen molar-refractivity contribution in [3.05, 3.63) is 24.3 Å². The molecule has 29 heavy (non-hydrogen) atoms. The van der Waals surface area contributed by atoms with Gasteiger partial charge in [0.2, 0.25) is 0 Å². The number of carbonyl (C=O) groups is 1. The summed E-state index contributed by atoms with van der Waals surface area (Å²) in [5.74, 6) is 1.44. The van der Waals surface area contributed by atoms with Crippen LogP contribution in [0.15, 0.2) is 24.3 Å². The standard InChI is InChI=1S/C23H35N3O2S/c1-3-5-11-18(4-2)16-24-23(29)26-17-21(22(27)25-14-9-6-10-15-25)28-20-13-8-7-12-19(20)26/h7-8,12-13,18,21H,3-6,9-11,14-17H2,1-2H3,(H,24,29)/t18-,21-/m0/s1. The van der Waals surface area contributed by atoms with Crippen LogP contribution in [0.4, 0.5) is 5.69 Å². The van der Waals surface area contributed by atoms with Crippen LogP contribution in [0.5, 0.6) is 5.75 Å². The largest absolute Gasteiger partial charge is 0.476 e. The molecule has 0 saturated carbocycles. The summed E-state index contributed by atoms with van der Waals surface area (Å²) in [6.45, 7) is 7.47. The van der Waals surface area contributed by atoms with E-state index in [0.29, 0.717) is 17.6 Å². The number of carbonyl (C=O) groups excluding carboxylic acids is 1. The van der Waals surface area contributed by atoms with E-state index in [2.05, 4.69) is 19.2 Å². The molecule has 0 radical (unpaired) electrons. The lowest BCUT2D eigenvalue weighted by molar-refractivity contribution is -0.139. The quantitative estimate of drug-likeness (QED) is 0.668. The Hall–Kier alpha value is -1.82. The van der Waals surface area contributed by atoms with Crippen molar-refractivity contribution in [1.82, 2.24) is 10.2 Å². The number of piperidine rings is 1. The smallest absolute Gasteiger partial charge is 0.265 e. The lowest BCUT2D eigenvalue weighted by Crippen LogP contribution is -2.54. The molecule has 2 heterocycles. The highest BCUT2D eigenvalue weighted by Gasteiger charge is 2.35. The zero-order valence-electron chi connectivity index (χ0n) is 17.9. The molecule has 3 rings (SSSR count). The second kappa shape index (κ2) is 10.8. The van der Waals surface area contributed by atoms with E-state index in [4.69, 9.17) is 17.0 Å². The Morgan fingerprint density at radius 1 is 1.24 bits per heavy atom. The number of nitrogens with zero attached hydrogens (tertiary/aromatic N) is 2. The first-order valence-electron chi connectivity index (χ1n) is 11.2. The summed E-state index contributed by atoms with van der Waals surface area (Å²) in [4.78, 5) is 17.1. The lowest BCUT2D eigenvalue weighted by atomic mass is 9.99. The van der Waals surface area contributed by atoms with Gasteiger partial charge in [0.05, 0.1) is 12.2 Å². The summed E-state index contributed by atoms with van der Waals surface area (Å²) in [5, 5.41) is 4.16. The van der Waals surface area contributed by atoms with Crippen molar-refractivity contribution in [3.63, 3.8) is 0 Å². The Kier molecular flexibility index (Phi) is 8.16. The van der Waals surface area contributed by atoms with Crippen LogP contribution in [0.1, 0.15) is 58.8 Å². The van der Waals surface area contributed by atoms with Crippen LogP contribution in [0.25, 0.3) is 0 Å². The molecule has 0 aliphatic carbocycles. The minimum absolute atomic E-state index is 0.0846. The third-order valence-corrected chi connectivity index (χ3v) is 6.41. The molecule has 1 N–H and O–H groups in total. The number of anilines is 1. The molecule has 2 aliphatic rings. The topological polar surface area (TPSA) is 44.8 Å². The fraction of sp³-hybridized carbons (Fsp3) is 0.652. The van der Waals surface area contributed by atoms with E-state index in [1.165, 1.54) is 25.7 Å². The van der Waals surface area contributed by atoms with Crippen molar-refractivity contribution in [1.29, 1.82) is 0 Å². The minimum atomic E-state index is -0.509. The van der Waals surface area contributed by atoms with Crippen molar-refractivity contribution in [3.8, 4) is 5.75 Å². The molecule has 1 aromatic rings. The van der Waals surface area contributed by atoms with Crippen LogP contribution < -0.4 is 15.0 Å². The summed E-state index contributed by atoms with van der Waals surface area (Å²) in [7, 11) is 0. The van der Waals surface area contributed by atoms with Crippen molar-refractivity contribution < 1.29 is 9.53 Å². The molecule has 6 heteroatoms. The van der Waals surface area contributed by atoms with Gasteiger partial charge in [-0.05, 0) is 56.0 Å². The van der Waals surface area contributed by atoms with E-state index >= 15 is 0 Å². The van der Waals surface area contributed by atoms with Crippen LogP contribution in [0, 0.1) is 5.92 Å². The van der Waals surface area contributed by atoms with E-state index in [1.54, 1.807) is 0 Å².